The molecule has 1 aromatic carbocycles. The van der Waals surface area contributed by atoms with Crippen molar-refractivity contribution in [3.05, 3.63) is 29.8 Å². The van der Waals surface area contributed by atoms with Crippen molar-refractivity contribution < 1.29 is 14.2 Å². The summed E-state index contributed by atoms with van der Waals surface area (Å²) in [5.41, 5.74) is 0.737. The molecule has 0 saturated heterocycles. The highest BCUT2D eigenvalue weighted by atomic mass is 19.1. The Hall–Kier alpha value is -1.42. The molecule has 0 atom stereocenters. The first-order valence-corrected chi connectivity index (χ1v) is 3.75. The predicted octanol–water partition coefficient (Wildman–Crippen LogP) is 1.35. The van der Waals surface area contributed by atoms with Crippen LogP contribution in [-0.2, 0) is 0 Å². The molecule has 0 radical (unpaired) electrons. The highest BCUT2D eigenvalue weighted by Crippen LogP contribution is 2.12. The maximum atomic E-state index is 11.7. The number of aliphatic hydroxyl groups is 1. The fraction of sp³-hybridized carbons (Fsp3) is 0.222. The zero-order chi connectivity index (χ0) is 9.68. The van der Waals surface area contributed by atoms with Crippen LogP contribution in [0.25, 0.3) is 0 Å². The Bertz CT molecular complexity index is 284. The second kappa shape index (κ2) is 4.57. The number of hydrogen-bond acceptors (Lipinski definition) is 3. The number of benzene rings is 1. The van der Waals surface area contributed by atoms with Crippen molar-refractivity contribution in [1.29, 1.82) is 5.41 Å². The molecule has 0 aliphatic rings. The van der Waals surface area contributed by atoms with E-state index in [-0.39, 0.29) is 12.3 Å². The Morgan fingerprint density at radius 3 is 2.46 bits per heavy atom. The summed E-state index contributed by atoms with van der Waals surface area (Å²) in [6, 6.07) is 6.31. The predicted molar refractivity (Wildman–Crippen MR) is 47.0 cm³/mol. The van der Waals surface area contributed by atoms with Crippen molar-refractivity contribution in [2.24, 2.45) is 0 Å². The molecule has 70 valence electrons. The quantitative estimate of drug-likeness (QED) is 0.692. The molecule has 0 heterocycles. The van der Waals surface area contributed by atoms with Crippen molar-refractivity contribution in [3.8, 4) is 5.75 Å². The molecule has 13 heavy (non-hydrogen) atoms. The van der Waals surface area contributed by atoms with Crippen LogP contribution in [0.3, 0.4) is 0 Å². The van der Waals surface area contributed by atoms with Gasteiger partial charge in [0.15, 0.2) is 0 Å². The monoisotopic (exact) mass is 183 g/mol. The second-order valence-electron chi connectivity index (χ2n) is 2.41. The standard InChI is InChI=1S/C9H10FNO2/c10-6-13-8-3-1-7(2-4-8)9(11)5-12/h1-4,11-12H,5-6H2. The molecule has 1 rings (SSSR count). The molecule has 3 nitrogen and oxygen atoms in total. The number of halogens is 1. The Morgan fingerprint density at radius 1 is 1.38 bits per heavy atom. The molecule has 0 bridgehead atoms. The SMILES string of the molecule is N=C(CO)c1ccc(OCF)cc1. The number of aliphatic hydroxyl groups excluding tert-OH is 1. The van der Waals surface area contributed by atoms with Gasteiger partial charge in [-0.2, -0.15) is 0 Å². The van der Waals surface area contributed by atoms with E-state index in [0.29, 0.717) is 11.3 Å². The molecule has 0 aliphatic carbocycles. The van der Waals surface area contributed by atoms with E-state index in [1.165, 1.54) is 0 Å². The van der Waals surface area contributed by atoms with Crippen LogP contribution >= 0.6 is 0 Å². The molecule has 0 fully saturated rings. The van der Waals surface area contributed by atoms with Gasteiger partial charge in [-0.3, -0.25) is 0 Å². The van der Waals surface area contributed by atoms with Crippen LogP contribution < -0.4 is 4.74 Å². The van der Waals surface area contributed by atoms with Gasteiger partial charge in [0.1, 0.15) is 5.75 Å². The molecule has 4 heteroatoms. The fourth-order valence-corrected chi connectivity index (χ4v) is 0.907. The Balaban J connectivity index is 2.75. The summed E-state index contributed by atoms with van der Waals surface area (Å²) in [5.74, 6) is 0.414. The number of rotatable bonds is 4. The summed E-state index contributed by atoms with van der Waals surface area (Å²) in [5, 5.41) is 15.9. The highest BCUT2D eigenvalue weighted by Gasteiger charge is 1.99. The minimum absolute atomic E-state index is 0.131. The van der Waals surface area contributed by atoms with Gasteiger partial charge in [0.2, 0.25) is 6.86 Å². The van der Waals surface area contributed by atoms with Crippen LogP contribution in [-0.4, -0.2) is 24.3 Å². The minimum atomic E-state index is -0.864. The summed E-state index contributed by atoms with van der Waals surface area (Å²) < 4.78 is 16.3. The van der Waals surface area contributed by atoms with Crippen molar-refractivity contribution in [1.82, 2.24) is 0 Å². The van der Waals surface area contributed by atoms with Crippen molar-refractivity contribution in [3.63, 3.8) is 0 Å². The molecule has 0 aromatic heterocycles. The molecular weight excluding hydrogens is 173 g/mol. The molecule has 2 N–H and O–H groups in total. The van der Waals surface area contributed by atoms with E-state index in [0.717, 1.165) is 0 Å². The van der Waals surface area contributed by atoms with Crippen LogP contribution in [0, 0.1) is 5.41 Å². The van der Waals surface area contributed by atoms with E-state index >= 15 is 0 Å². The molecule has 0 unspecified atom stereocenters. The van der Waals surface area contributed by atoms with E-state index < -0.39 is 6.86 Å². The van der Waals surface area contributed by atoms with Crippen LogP contribution in [0.5, 0.6) is 5.75 Å². The first-order chi connectivity index (χ1) is 6.27. The summed E-state index contributed by atoms with van der Waals surface area (Å²) in [7, 11) is 0. The lowest BCUT2D eigenvalue weighted by Gasteiger charge is -2.03. The smallest absolute Gasteiger partial charge is 0.228 e. The molecule has 0 saturated carbocycles. The van der Waals surface area contributed by atoms with Crippen LogP contribution in [0.1, 0.15) is 5.56 Å². The van der Waals surface area contributed by atoms with Crippen molar-refractivity contribution >= 4 is 5.71 Å². The van der Waals surface area contributed by atoms with E-state index in [1.54, 1.807) is 24.3 Å². The van der Waals surface area contributed by atoms with Gasteiger partial charge in [-0.15, -0.1) is 0 Å². The summed E-state index contributed by atoms with van der Waals surface area (Å²) in [4.78, 5) is 0. The molecule has 0 spiro atoms. The van der Waals surface area contributed by atoms with Gasteiger partial charge in [-0.1, -0.05) is 0 Å². The first kappa shape index (κ1) is 9.67. The average molecular weight is 183 g/mol. The number of alkyl halides is 1. The number of nitrogens with one attached hydrogen (secondary N) is 1. The minimum Gasteiger partial charge on any atom is -0.463 e. The first-order valence-electron chi connectivity index (χ1n) is 3.75. The zero-order valence-electron chi connectivity index (χ0n) is 6.96. The van der Waals surface area contributed by atoms with Gasteiger partial charge in [0.25, 0.3) is 0 Å². The van der Waals surface area contributed by atoms with Crippen LogP contribution in [0.15, 0.2) is 24.3 Å². The molecule has 1 aromatic rings. The van der Waals surface area contributed by atoms with Gasteiger partial charge in [-0.05, 0) is 29.8 Å². The maximum Gasteiger partial charge on any atom is 0.228 e. The Morgan fingerprint density at radius 2 is 2.00 bits per heavy atom. The zero-order valence-corrected chi connectivity index (χ0v) is 6.96. The summed E-state index contributed by atoms with van der Waals surface area (Å²) >= 11 is 0. The second-order valence-corrected chi connectivity index (χ2v) is 2.41. The highest BCUT2D eigenvalue weighted by molar-refractivity contribution is 5.99. The summed E-state index contributed by atoms with van der Waals surface area (Å²) in [6.45, 7) is -1.17. The van der Waals surface area contributed by atoms with Crippen LogP contribution in [0.2, 0.25) is 0 Å². The third-order valence-corrected chi connectivity index (χ3v) is 1.58. The lowest BCUT2D eigenvalue weighted by molar-refractivity contribution is 0.192. The Labute approximate surface area is 75.3 Å². The van der Waals surface area contributed by atoms with Gasteiger partial charge in [-0.25, -0.2) is 4.39 Å². The molecule has 0 aliphatic heterocycles. The lowest BCUT2D eigenvalue weighted by atomic mass is 10.1. The third kappa shape index (κ3) is 2.52. The summed E-state index contributed by atoms with van der Waals surface area (Å²) in [6.07, 6.45) is 0. The van der Waals surface area contributed by atoms with Gasteiger partial charge in [0, 0.05) is 0 Å². The van der Waals surface area contributed by atoms with Gasteiger partial charge in [0.05, 0.1) is 12.3 Å². The third-order valence-electron chi connectivity index (χ3n) is 1.58. The Kier molecular flexibility index (Phi) is 3.40. The molecular formula is C9H10FNO2. The van der Waals surface area contributed by atoms with Crippen molar-refractivity contribution in [2.45, 2.75) is 0 Å². The van der Waals surface area contributed by atoms with Gasteiger partial charge >= 0.3 is 0 Å². The largest absolute Gasteiger partial charge is 0.463 e. The molecule has 0 amide bonds. The fourth-order valence-electron chi connectivity index (χ4n) is 0.907. The average Bonchev–Trinajstić information content (AvgIpc) is 2.18. The van der Waals surface area contributed by atoms with Gasteiger partial charge < -0.3 is 15.3 Å². The number of ether oxygens (including phenoxy) is 1. The van der Waals surface area contributed by atoms with E-state index in [2.05, 4.69) is 4.74 Å². The van der Waals surface area contributed by atoms with E-state index in [4.69, 9.17) is 10.5 Å². The topological polar surface area (TPSA) is 53.3 Å². The maximum absolute atomic E-state index is 11.7. The lowest BCUT2D eigenvalue weighted by Crippen LogP contribution is -2.03. The van der Waals surface area contributed by atoms with Crippen LogP contribution in [0.4, 0.5) is 4.39 Å². The van der Waals surface area contributed by atoms with E-state index in [1.807, 2.05) is 0 Å². The normalized spacial score (nSPS) is 9.69. The number of hydrogen-bond donors (Lipinski definition) is 2. The van der Waals surface area contributed by atoms with E-state index in [9.17, 15) is 4.39 Å². The van der Waals surface area contributed by atoms with Crippen molar-refractivity contribution in [2.75, 3.05) is 13.5 Å².